The van der Waals surface area contributed by atoms with E-state index in [0.29, 0.717) is 12.0 Å². The summed E-state index contributed by atoms with van der Waals surface area (Å²) in [5.74, 6) is 1.58. The van der Waals surface area contributed by atoms with Gasteiger partial charge in [-0.05, 0) is 56.0 Å². The standard InChI is InChI=1S/C20H22N2O2/c1-3-14-10-13-7-9-22(14)19(11-13)20(23)16-6-8-21-18-5-4-15(24-2)12-17(16)18/h3-6,8,12-14,19H,1,7,9-11H2,2H3/t13-,14-,19-/m1/s1. The molecule has 2 aromatic rings. The molecule has 124 valence electrons. The summed E-state index contributed by atoms with van der Waals surface area (Å²) in [6, 6.07) is 7.83. The van der Waals surface area contributed by atoms with Crippen LogP contribution in [0.4, 0.5) is 0 Å². The molecular formula is C20H22N2O2. The van der Waals surface area contributed by atoms with E-state index < -0.39 is 0 Å². The van der Waals surface area contributed by atoms with Gasteiger partial charge in [0.05, 0.1) is 18.7 Å². The van der Waals surface area contributed by atoms with Crippen LogP contribution in [-0.4, -0.2) is 41.4 Å². The minimum atomic E-state index is -0.0442. The van der Waals surface area contributed by atoms with Gasteiger partial charge in [0.25, 0.3) is 0 Å². The number of carbonyl (C=O) groups excluding carboxylic acids is 1. The summed E-state index contributed by atoms with van der Waals surface area (Å²) >= 11 is 0. The number of ether oxygens (including phenoxy) is 1. The predicted octanol–water partition coefficient (Wildman–Crippen LogP) is 3.47. The van der Waals surface area contributed by atoms with Crippen LogP contribution in [0.5, 0.6) is 5.75 Å². The second-order valence-electron chi connectivity index (χ2n) is 6.79. The van der Waals surface area contributed by atoms with Gasteiger partial charge in [-0.2, -0.15) is 0 Å². The first-order chi connectivity index (χ1) is 11.7. The second kappa shape index (κ2) is 6.02. The number of benzene rings is 1. The minimum absolute atomic E-state index is 0.0442. The zero-order chi connectivity index (χ0) is 16.7. The summed E-state index contributed by atoms with van der Waals surface area (Å²) in [5, 5.41) is 0.875. The molecule has 0 spiro atoms. The molecule has 0 N–H and O–H groups in total. The van der Waals surface area contributed by atoms with Crippen LogP contribution in [0.2, 0.25) is 0 Å². The fraction of sp³-hybridized carbons (Fsp3) is 0.400. The third kappa shape index (κ3) is 2.42. The Kier molecular flexibility index (Phi) is 3.85. The van der Waals surface area contributed by atoms with Crippen molar-refractivity contribution in [3.8, 4) is 5.75 Å². The minimum Gasteiger partial charge on any atom is -0.497 e. The van der Waals surface area contributed by atoms with E-state index in [1.807, 2.05) is 30.3 Å². The van der Waals surface area contributed by atoms with Crippen molar-refractivity contribution in [1.29, 1.82) is 0 Å². The quantitative estimate of drug-likeness (QED) is 0.638. The first-order valence-electron chi connectivity index (χ1n) is 8.56. The summed E-state index contributed by atoms with van der Waals surface area (Å²) in [4.78, 5) is 20.0. The van der Waals surface area contributed by atoms with Crippen molar-refractivity contribution >= 4 is 16.7 Å². The largest absolute Gasteiger partial charge is 0.497 e. The Morgan fingerprint density at radius 1 is 1.38 bits per heavy atom. The number of methoxy groups -OCH3 is 1. The summed E-state index contributed by atoms with van der Waals surface area (Å²) in [5.41, 5.74) is 1.58. The third-order valence-corrected chi connectivity index (χ3v) is 5.54. The molecule has 3 saturated heterocycles. The predicted molar refractivity (Wildman–Crippen MR) is 94.4 cm³/mol. The fourth-order valence-corrected chi connectivity index (χ4v) is 4.28. The molecule has 1 aromatic carbocycles. The van der Waals surface area contributed by atoms with Gasteiger partial charge in [0, 0.05) is 23.2 Å². The number of fused-ring (bicyclic) bond motifs is 4. The summed E-state index contributed by atoms with van der Waals surface area (Å²) < 4.78 is 5.32. The van der Waals surface area contributed by atoms with E-state index in [2.05, 4.69) is 16.5 Å². The molecule has 0 amide bonds. The van der Waals surface area contributed by atoms with Crippen molar-refractivity contribution in [1.82, 2.24) is 9.88 Å². The molecule has 3 fully saturated rings. The van der Waals surface area contributed by atoms with Gasteiger partial charge in [-0.3, -0.25) is 14.7 Å². The molecule has 0 saturated carbocycles. The van der Waals surface area contributed by atoms with Crippen LogP contribution in [0.25, 0.3) is 10.9 Å². The van der Waals surface area contributed by atoms with Crippen LogP contribution >= 0.6 is 0 Å². The van der Waals surface area contributed by atoms with E-state index >= 15 is 0 Å². The zero-order valence-electron chi connectivity index (χ0n) is 13.9. The molecule has 4 atom stereocenters. The molecule has 24 heavy (non-hydrogen) atoms. The number of Topliss-reactive ketones (excluding diaryl/α,β-unsaturated/α-hetero) is 1. The molecule has 3 aliphatic rings. The summed E-state index contributed by atoms with van der Waals surface area (Å²) in [6.45, 7) is 4.95. The Balaban J connectivity index is 1.74. The van der Waals surface area contributed by atoms with E-state index in [-0.39, 0.29) is 11.8 Å². The van der Waals surface area contributed by atoms with Crippen molar-refractivity contribution in [3.05, 3.63) is 48.7 Å². The maximum Gasteiger partial charge on any atom is 0.180 e. The van der Waals surface area contributed by atoms with Crippen LogP contribution in [0, 0.1) is 5.92 Å². The highest BCUT2D eigenvalue weighted by Gasteiger charge is 2.42. The number of rotatable bonds is 4. The lowest BCUT2D eigenvalue weighted by molar-refractivity contribution is 0.0189. The van der Waals surface area contributed by atoms with Gasteiger partial charge in [0.2, 0.25) is 0 Å². The smallest absolute Gasteiger partial charge is 0.180 e. The number of piperidine rings is 3. The van der Waals surface area contributed by atoms with Gasteiger partial charge in [-0.1, -0.05) is 6.08 Å². The lowest BCUT2D eigenvalue weighted by Crippen LogP contribution is -2.56. The number of ketones is 1. The fourth-order valence-electron chi connectivity index (χ4n) is 4.28. The van der Waals surface area contributed by atoms with Gasteiger partial charge in [0.15, 0.2) is 5.78 Å². The molecule has 0 aliphatic carbocycles. The molecule has 0 radical (unpaired) electrons. The van der Waals surface area contributed by atoms with Gasteiger partial charge < -0.3 is 4.74 Å². The van der Waals surface area contributed by atoms with Gasteiger partial charge in [-0.15, -0.1) is 6.58 Å². The van der Waals surface area contributed by atoms with Crippen LogP contribution < -0.4 is 4.74 Å². The molecule has 1 unspecified atom stereocenters. The lowest BCUT2D eigenvalue weighted by atomic mass is 9.76. The summed E-state index contributed by atoms with van der Waals surface area (Å²) in [7, 11) is 1.64. The number of aromatic nitrogens is 1. The molecular weight excluding hydrogens is 300 g/mol. The van der Waals surface area contributed by atoms with Crippen molar-refractivity contribution in [2.24, 2.45) is 5.92 Å². The van der Waals surface area contributed by atoms with E-state index in [1.54, 1.807) is 13.3 Å². The topological polar surface area (TPSA) is 42.4 Å². The van der Waals surface area contributed by atoms with Crippen molar-refractivity contribution < 1.29 is 9.53 Å². The second-order valence-corrected chi connectivity index (χ2v) is 6.79. The van der Waals surface area contributed by atoms with Crippen molar-refractivity contribution in [2.75, 3.05) is 13.7 Å². The van der Waals surface area contributed by atoms with Gasteiger partial charge in [-0.25, -0.2) is 0 Å². The first-order valence-corrected chi connectivity index (χ1v) is 8.56. The highest BCUT2D eigenvalue weighted by atomic mass is 16.5. The number of carbonyl (C=O) groups is 1. The SMILES string of the molecule is C=C[C@@H]1C[C@H]2CCN1[C@@H](C(=O)c1ccnc3ccc(OC)cc13)C2. The molecule has 5 rings (SSSR count). The number of nitrogens with zero attached hydrogens (tertiary/aromatic N) is 2. The molecule has 2 bridgehead atoms. The number of hydrogen-bond donors (Lipinski definition) is 0. The molecule has 4 heterocycles. The Bertz CT molecular complexity index is 801. The molecule has 4 nitrogen and oxygen atoms in total. The normalized spacial score (nSPS) is 28.7. The lowest BCUT2D eigenvalue weighted by Gasteiger charge is -2.49. The number of hydrogen-bond acceptors (Lipinski definition) is 4. The highest BCUT2D eigenvalue weighted by Crippen LogP contribution is 2.38. The van der Waals surface area contributed by atoms with E-state index in [4.69, 9.17) is 4.74 Å². The van der Waals surface area contributed by atoms with E-state index in [0.717, 1.165) is 41.6 Å². The Morgan fingerprint density at radius 3 is 3.00 bits per heavy atom. The van der Waals surface area contributed by atoms with E-state index in [9.17, 15) is 4.79 Å². The molecule has 1 aromatic heterocycles. The van der Waals surface area contributed by atoms with Crippen molar-refractivity contribution in [3.63, 3.8) is 0 Å². The monoisotopic (exact) mass is 322 g/mol. The number of pyridine rings is 1. The molecule has 4 heteroatoms. The van der Waals surface area contributed by atoms with Crippen molar-refractivity contribution in [2.45, 2.75) is 31.3 Å². The van der Waals surface area contributed by atoms with Crippen LogP contribution in [0.3, 0.4) is 0 Å². The Morgan fingerprint density at radius 2 is 2.25 bits per heavy atom. The van der Waals surface area contributed by atoms with E-state index in [1.165, 1.54) is 6.42 Å². The van der Waals surface area contributed by atoms with Gasteiger partial charge in [0.1, 0.15) is 5.75 Å². The first kappa shape index (κ1) is 15.3. The Labute approximate surface area is 142 Å². The summed E-state index contributed by atoms with van der Waals surface area (Å²) in [6.07, 6.45) is 7.01. The highest BCUT2D eigenvalue weighted by molar-refractivity contribution is 6.10. The zero-order valence-corrected chi connectivity index (χ0v) is 13.9. The maximum atomic E-state index is 13.3. The third-order valence-electron chi connectivity index (χ3n) is 5.54. The molecule has 3 aliphatic heterocycles. The van der Waals surface area contributed by atoms with Crippen LogP contribution in [0.15, 0.2) is 43.1 Å². The maximum absolute atomic E-state index is 13.3. The average Bonchev–Trinajstić information content (AvgIpc) is 2.66. The van der Waals surface area contributed by atoms with Crippen LogP contribution in [0.1, 0.15) is 29.6 Å². The average molecular weight is 322 g/mol. The van der Waals surface area contributed by atoms with Gasteiger partial charge >= 0.3 is 0 Å². The Hall–Kier alpha value is -2.20. The van der Waals surface area contributed by atoms with Crippen LogP contribution in [-0.2, 0) is 0 Å².